The van der Waals surface area contributed by atoms with Gasteiger partial charge in [0.15, 0.2) is 9.84 Å². The van der Waals surface area contributed by atoms with Crippen LogP contribution in [0.3, 0.4) is 0 Å². The predicted molar refractivity (Wildman–Crippen MR) is 90.5 cm³/mol. The molecular formula is C16H17N3O2S. The Morgan fingerprint density at radius 3 is 2.41 bits per heavy atom. The van der Waals surface area contributed by atoms with Gasteiger partial charge in [0, 0.05) is 6.26 Å². The van der Waals surface area contributed by atoms with E-state index in [2.05, 4.69) is 10.9 Å². The van der Waals surface area contributed by atoms with Crippen LogP contribution in [0.1, 0.15) is 12.5 Å². The van der Waals surface area contributed by atoms with Gasteiger partial charge in [-0.25, -0.2) is 13.4 Å². The minimum Gasteiger partial charge on any atom is -0.368 e. The molecule has 0 saturated carbocycles. The van der Waals surface area contributed by atoms with Gasteiger partial charge in [-0.05, 0) is 36.3 Å². The quantitative estimate of drug-likeness (QED) is 0.385. The Labute approximate surface area is 130 Å². The highest BCUT2D eigenvalue weighted by molar-refractivity contribution is 7.90. The highest BCUT2D eigenvalue weighted by atomic mass is 32.2. The molecule has 22 heavy (non-hydrogen) atoms. The summed E-state index contributed by atoms with van der Waals surface area (Å²) in [5.74, 6) is 1.97. The fourth-order valence-corrected chi connectivity index (χ4v) is 2.22. The minimum atomic E-state index is -3.19. The molecule has 6 heteroatoms. The van der Waals surface area contributed by atoms with E-state index >= 15 is 0 Å². The molecule has 0 fully saturated rings. The largest absolute Gasteiger partial charge is 0.368 e. The second-order valence-electron chi connectivity index (χ2n) is 4.53. The number of sulfone groups is 1. The van der Waals surface area contributed by atoms with Crippen molar-refractivity contribution in [3.05, 3.63) is 48.1 Å². The van der Waals surface area contributed by atoms with Crippen molar-refractivity contribution in [3.63, 3.8) is 0 Å². The topological polar surface area (TPSA) is 96.4 Å². The summed E-state index contributed by atoms with van der Waals surface area (Å²) >= 11 is 0. The van der Waals surface area contributed by atoms with Crippen LogP contribution >= 0.6 is 0 Å². The number of nitrogens with zero attached hydrogens (tertiary/aromatic N) is 1. The van der Waals surface area contributed by atoms with Gasteiger partial charge in [0.05, 0.1) is 4.90 Å². The SMILES string of the molecule is C#CC(/C=C\C=C(/C)c1ccc(S(C)(=O)=O)cc1)=N\C(=N)N. The maximum absolute atomic E-state index is 11.4. The van der Waals surface area contributed by atoms with E-state index in [9.17, 15) is 8.42 Å². The van der Waals surface area contributed by atoms with Crippen LogP contribution in [0.15, 0.2) is 52.4 Å². The molecule has 0 spiro atoms. The van der Waals surface area contributed by atoms with Gasteiger partial charge in [0.1, 0.15) is 5.71 Å². The fraction of sp³-hybridized carbons (Fsp3) is 0.125. The van der Waals surface area contributed by atoms with E-state index < -0.39 is 9.84 Å². The Hall–Kier alpha value is -2.65. The van der Waals surface area contributed by atoms with Crippen LogP contribution < -0.4 is 5.73 Å². The molecule has 0 aliphatic heterocycles. The third-order valence-corrected chi connectivity index (χ3v) is 3.86. The molecule has 0 amide bonds. The number of guanidine groups is 1. The van der Waals surface area contributed by atoms with Gasteiger partial charge in [0.25, 0.3) is 0 Å². The minimum absolute atomic E-state index is 0.254. The lowest BCUT2D eigenvalue weighted by molar-refractivity contribution is 0.602. The lowest BCUT2D eigenvalue weighted by atomic mass is 10.1. The second kappa shape index (κ2) is 7.38. The molecule has 1 rings (SSSR count). The lowest BCUT2D eigenvalue weighted by Gasteiger charge is -2.02. The number of nitrogens with two attached hydrogens (primary N) is 1. The summed E-state index contributed by atoms with van der Waals surface area (Å²) in [7, 11) is -3.19. The van der Waals surface area contributed by atoms with Crippen molar-refractivity contribution in [2.24, 2.45) is 10.7 Å². The normalized spacial score (nSPS) is 13.1. The first-order valence-corrected chi connectivity index (χ1v) is 8.18. The molecule has 1 aromatic carbocycles. The van der Waals surface area contributed by atoms with Crippen LogP contribution in [0, 0.1) is 17.8 Å². The van der Waals surface area contributed by atoms with E-state index in [-0.39, 0.29) is 16.6 Å². The van der Waals surface area contributed by atoms with Gasteiger partial charge in [-0.15, -0.1) is 6.42 Å². The molecule has 5 nitrogen and oxygen atoms in total. The molecule has 0 heterocycles. The summed E-state index contributed by atoms with van der Waals surface area (Å²) in [6.45, 7) is 1.89. The van der Waals surface area contributed by atoms with Gasteiger partial charge in [-0.3, -0.25) is 5.41 Å². The van der Waals surface area contributed by atoms with Gasteiger partial charge < -0.3 is 5.73 Å². The standard InChI is InChI=1S/C16H17N3O2S/c1-4-14(19-16(17)18)7-5-6-12(2)13-8-10-15(11-9-13)22(3,20)21/h1,5-11H,2-3H3,(H3,17,18)/b7-5-,12-6+,19-14+. The molecule has 114 valence electrons. The van der Waals surface area contributed by atoms with Gasteiger partial charge in [-0.2, -0.15) is 0 Å². The average Bonchev–Trinajstić information content (AvgIpc) is 2.44. The Bertz CT molecular complexity index is 793. The number of terminal acetylenes is 1. The average molecular weight is 315 g/mol. The van der Waals surface area contributed by atoms with Crippen molar-refractivity contribution in [1.29, 1.82) is 5.41 Å². The highest BCUT2D eigenvalue weighted by Crippen LogP contribution is 2.17. The molecule has 3 N–H and O–H groups in total. The van der Waals surface area contributed by atoms with Crippen molar-refractivity contribution >= 4 is 27.1 Å². The van der Waals surface area contributed by atoms with Crippen LogP contribution in [-0.2, 0) is 9.84 Å². The second-order valence-corrected chi connectivity index (χ2v) is 6.55. The molecule has 0 radical (unpaired) electrons. The number of hydrogen-bond donors (Lipinski definition) is 2. The Morgan fingerprint density at radius 1 is 1.36 bits per heavy atom. The zero-order valence-electron chi connectivity index (χ0n) is 12.4. The van der Waals surface area contributed by atoms with Crippen molar-refractivity contribution in [1.82, 2.24) is 0 Å². The van der Waals surface area contributed by atoms with E-state index in [0.717, 1.165) is 11.1 Å². The number of rotatable bonds is 4. The number of nitrogens with one attached hydrogen (secondary N) is 1. The third-order valence-electron chi connectivity index (χ3n) is 2.73. The van der Waals surface area contributed by atoms with Crippen LogP contribution in [0.4, 0.5) is 0 Å². The fourth-order valence-electron chi connectivity index (χ4n) is 1.59. The molecule has 0 aliphatic rings. The first kappa shape index (κ1) is 17.4. The van der Waals surface area contributed by atoms with Crippen molar-refractivity contribution in [2.45, 2.75) is 11.8 Å². The summed E-state index contributed by atoms with van der Waals surface area (Å²) in [6, 6.07) is 6.61. The Morgan fingerprint density at radius 2 is 1.95 bits per heavy atom. The maximum Gasteiger partial charge on any atom is 0.213 e. The van der Waals surface area contributed by atoms with Crippen LogP contribution in [0.2, 0.25) is 0 Å². The summed E-state index contributed by atoms with van der Waals surface area (Å²) in [6.07, 6.45) is 11.5. The number of benzene rings is 1. The molecular weight excluding hydrogens is 298 g/mol. The Kier molecular flexibility index (Phi) is 5.84. The third kappa shape index (κ3) is 5.38. The van der Waals surface area contributed by atoms with Gasteiger partial charge >= 0.3 is 0 Å². The van der Waals surface area contributed by atoms with E-state index in [1.54, 1.807) is 36.4 Å². The smallest absolute Gasteiger partial charge is 0.213 e. The highest BCUT2D eigenvalue weighted by Gasteiger charge is 2.06. The predicted octanol–water partition coefficient (Wildman–Crippen LogP) is 2.02. The van der Waals surface area contributed by atoms with E-state index in [4.69, 9.17) is 17.6 Å². The van der Waals surface area contributed by atoms with E-state index in [1.165, 1.54) is 6.26 Å². The summed E-state index contributed by atoms with van der Waals surface area (Å²) in [4.78, 5) is 3.94. The van der Waals surface area contributed by atoms with Gasteiger partial charge in [0.2, 0.25) is 5.96 Å². The van der Waals surface area contributed by atoms with Crippen LogP contribution in [-0.4, -0.2) is 26.3 Å². The van der Waals surface area contributed by atoms with Gasteiger partial charge in [-0.1, -0.05) is 30.2 Å². The van der Waals surface area contributed by atoms with Crippen molar-refractivity contribution in [3.8, 4) is 12.3 Å². The summed E-state index contributed by atoms with van der Waals surface area (Å²) in [5.41, 5.74) is 7.21. The van der Waals surface area contributed by atoms with Crippen molar-refractivity contribution in [2.75, 3.05) is 6.26 Å². The maximum atomic E-state index is 11.4. The van der Waals surface area contributed by atoms with E-state index in [1.807, 2.05) is 13.0 Å². The number of aliphatic imine (C=N–C) groups is 1. The first-order chi connectivity index (χ1) is 10.2. The zero-order chi connectivity index (χ0) is 16.8. The molecule has 0 aromatic heterocycles. The molecule has 0 saturated heterocycles. The summed E-state index contributed by atoms with van der Waals surface area (Å²) < 4.78 is 22.8. The number of hydrogen-bond acceptors (Lipinski definition) is 3. The lowest BCUT2D eigenvalue weighted by Crippen LogP contribution is -2.08. The molecule has 0 unspecified atom stereocenters. The first-order valence-electron chi connectivity index (χ1n) is 6.29. The molecule has 1 aromatic rings. The van der Waals surface area contributed by atoms with Crippen molar-refractivity contribution < 1.29 is 8.42 Å². The van der Waals surface area contributed by atoms with E-state index in [0.29, 0.717) is 0 Å². The van der Waals surface area contributed by atoms with Crippen LogP contribution in [0.5, 0.6) is 0 Å². The molecule has 0 aliphatic carbocycles. The zero-order valence-corrected chi connectivity index (χ0v) is 13.2. The van der Waals surface area contributed by atoms with Crippen LogP contribution in [0.25, 0.3) is 5.57 Å². The Balaban J connectivity index is 2.95. The monoisotopic (exact) mass is 315 g/mol. The summed E-state index contributed by atoms with van der Waals surface area (Å²) in [5, 5.41) is 7.05. The molecule has 0 bridgehead atoms. The number of allylic oxidation sites excluding steroid dienone is 4. The molecule has 0 atom stereocenters.